The number of aliphatic hydroxyl groups is 1. The average Bonchev–Trinajstić information content (AvgIpc) is 3.91. The maximum absolute atomic E-state index is 14.6. The largest absolute Gasteiger partial charge is 0.507 e. The number of rotatable bonds is 15. The van der Waals surface area contributed by atoms with Crippen molar-refractivity contribution in [1.29, 1.82) is 0 Å². The van der Waals surface area contributed by atoms with E-state index in [0.717, 1.165) is 17.1 Å². The number of morpholine rings is 1. The molecule has 0 spiro atoms. The van der Waals surface area contributed by atoms with Gasteiger partial charge in [0, 0.05) is 119 Å². The highest BCUT2D eigenvalue weighted by Crippen LogP contribution is 2.53. The van der Waals surface area contributed by atoms with E-state index in [0.29, 0.717) is 32.8 Å². The second-order valence-electron chi connectivity index (χ2n) is 20.6. The van der Waals surface area contributed by atoms with E-state index in [4.69, 9.17) is 28.4 Å². The van der Waals surface area contributed by atoms with Gasteiger partial charge >= 0.3 is 0 Å². The zero-order valence-electron chi connectivity index (χ0n) is 42.1. The predicted molar refractivity (Wildman–Crippen MR) is 256 cm³/mol. The summed E-state index contributed by atoms with van der Waals surface area (Å²) in [5.74, 6) is -5.96. The number of imide groups is 1. The highest BCUT2D eigenvalue weighted by Gasteiger charge is 2.56. The summed E-state index contributed by atoms with van der Waals surface area (Å²) >= 11 is 0. The Kier molecular flexibility index (Phi) is 14.1. The first kappa shape index (κ1) is 52.1. The lowest BCUT2D eigenvalue weighted by Gasteiger charge is -2.49. The molecule has 0 radical (unpaired) electrons. The van der Waals surface area contributed by atoms with E-state index < -0.39 is 131 Å². The summed E-state index contributed by atoms with van der Waals surface area (Å²) in [6.07, 6.45) is -2.96. The molecule has 0 unspecified atom stereocenters. The van der Waals surface area contributed by atoms with Crippen molar-refractivity contribution in [2.24, 2.45) is 5.92 Å². The van der Waals surface area contributed by atoms with Crippen molar-refractivity contribution >= 4 is 47.0 Å². The lowest BCUT2D eigenvalue weighted by atomic mass is 9.72. The quantitative estimate of drug-likeness (QED) is 0.0764. The summed E-state index contributed by atoms with van der Waals surface area (Å²) in [4.78, 5) is 111. The van der Waals surface area contributed by atoms with E-state index in [-0.39, 0.29) is 84.6 Å². The van der Waals surface area contributed by atoms with Crippen LogP contribution in [0.15, 0.2) is 30.4 Å². The van der Waals surface area contributed by atoms with Crippen molar-refractivity contribution in [2.75, 3.05) is 66.6 Å². The molecule has 6 aliphatic heterocycles. The number of nitrogens with zero attached hydrogens (tertiary/aromatic N) is 4. The number of ether oxygens (including phenoxy) is 6. The maximum atomic E-state index is 14.6. The molecule has 24 heteroatoms. The summed E-state index contributed by atoms with van der Waals surface area (Å²) in [5.41, 5.74) is -3.41. The highest BCUT2D eigenvalue weighted by molar-refractivity contribution is 6.31. The highest BCUT2D eigenvalue weighted by atomic mass is 16.7. The first-order chi connectivity index (χ1) is 35.8. The fraction of sp³-hybridized carbons (Fsp3) is 0.569. The Labute approximate surface area is 430 Å². The molecule has 10 atom stereocenters. The Morgan fingerprint density at radius 1 is 0.893 bits per heavy atom. The van der Waals surface area contributed by atoms with Crippen molar-refractivity contribution in [3.63, 3.8) is 0 Å². The average molecular weight is 1040 g/mol. The number of amides is 6. The number of carbonyl (C=O) groups excluding carboxylic acids is 8. The van der Waals surface area contributed by atoms with Crippen LogP contribution in [-0.4, -0.2) is 209 Å². The molecule has 10 rings (SSSR count). The summed E-state index contributed by atoms with van der Waals surface area (Å²) in [7, 11) is 2.88. The molecule has 24 nitrogen and oxygen atoms in total. The minimum Gasteiger partial charge on any atom is -0.507 e. The van der Waals surface area contributed by atoms with Gasteiger partial charge in [0.15, 0.2) is 24.6 Å². The standard InChI is InChI=1S/C51H61N7O17/c1-23(52-33(59)11-12-58-34(60)9-10-35(58)61)46(66)53-24(2)47(67)54-27-21-55(22-27)18-26-19-56(20-26)50(68)51(69)16-29-38(44(65)40-39(42(29)63)41(62)28-7-6-8-31(70-4)37(28)43(40)64)32(17-51)74-36-15-30-45(25(3)73-36)75-48-49(71-5)72-14-13-57(30)48/h6-10,23-27,30,32,36,45,48-49,63,65,69H,11-22H2,1-5H3,(H,52,59)(H,53,66)(H,54,67)/t23-,24-,25-,30-,32-,36-,45+,48+,49-,51-/m0/s1. The Balaban J connectivity index is 0.775. The molecule has 6 heterocycles. The van der Waals surface area contributed by atoms with Crippen LogP contribution in [0.4, 0.5) is 0 Å². The van der Waals surface area contributed by atoms with Crippen molar-refractivity contribution < 1.29 is 82.1 Å². The summed E-state index contributed by atoms with van der Waals surface area (Å²) in [5, 5.41) is 44.8. The van der Waals surface area contributed by atoms with Gasteiger partial charge in [0.1, 0.15) is 41.0 Å². The number of nitrogens with one attached hydrogen (secondary N) is 3. The third-order valence-corrected chi connectivity index (χ3v) is 15.6. The molecular weight excluding hydrogens is 983 g/mol. The number of methoxy groups -OCH3 is 2. The van der Waals surface area contributed by atoms with Crippen LogP contribution in [0.25, 0.3) is 0 Å². The van der Waals surface area contributed by atoms with Crippen LogP contribution in [0, 0.1) is 5.92 Å². The summed E-state index contributed by atoms with van der Waals surface area (Å²) in [6, 6.07) is 2.09. The number of phenols is 2. The molecule has 0 saturated carbocycles. The number of hydrogen-bond donors (Lipinski definition) is 6. The summed E-state index contributed by atoms with van der Waals surface area (Å²) in [6.45, 7) is 7.72. The molecule has 402 valence electrons. The zero-order chi connectivity index (χ0) is 53.4. The first-order valence-electron chi connectivity index (χ1n) is 25.2. The second-order valence-corrected chi connectivity index (χ2v) is 20.6. The minimum absolute atomic E-state index is 0.00520. The van der Waals surface area contributed by atoms with E-state index in [1.54, 1.807) is 0 Å². The van der Waals surface area contributed by atoms with Gasteiger partial charge in [-0.05, 0) is 26.8 Å². The third kappa shape index (κ3) is 9.44. The van der Waals surface area contributed by atoms with Gasteiger partial charge in [-0.2, -0.15) is 0 Å². The molecule has 5 saturated heterocycles. The summed E-state index contributed by atoms with van der Waals surface area (Å²) < 4.78 is 36.2. The van der Waals surface area contributed by atoms with E-state index >= 15 is 0 Å². The van der Waals surface area contributed by atoms with Gasteiger partial charge in [-0.3, -0.25) is 53.1 Å². The Bertz CT molecular complexity index is 2740. The number of hydrogen-bond acceptors (Lipinski definition) is 19. The van der Waals surface area contributed by atoms with Crippen LogP contribution >= 0.6 is 0 Å². The Hall–Kier alpha value is -6.38. The number of benzene rings is 2. The molecule has 8 aliphatic rings. The third-order valence-electron chi connectivity index (χ3n) is 15.6. The van der Waals surface area contributed by atoms with Gasteiger partial charge in [-0.25, -0.2) is 0 Å². The number of likely N-dealkylation sites (tertiary alicyclic amines) is 2. The molecule has 6 N–H and O–H groups in total. The molecule has 5 fully saturated rings. The van der Waals surface area contributed by atoms with Crippen LogP contribution in [0.5, 0.6) is 17.2 Å². The van der Waals surface area contributed by atoms with Gasteiger partial charge in [-0.1, -0.05) is 12.1 Å². The molecule has 2 aromatic carbocycles. The Morgan fingerprint density at radius 3 is 2.31 bits per heavy atom. The number of phenolic OH excluding ortho intramolecular Hbond substituents is 2. The van der Waals surface area contributed by atoms with E-state index in [9.17, 15) is 53.7 Å². The normalized spacial score (nSPS) is 29.3. The van der Waals surface area contributed by atoms with E-state index in [2.05, 4.69) is 25.8 Å². The van der Waals surface area contributed by atoms with Gasteiger partial charge < -0.3 is 64.6 Å². The maximum Gasteiger partial charge on any atom is 0.255 e. The van der Waals surface area contributed by atoms with Crippen LogP contribution in [0.3, 0.4) is 0 Å². The van der Waals surface area contributed by atoms with Crippen molar-refractivity contribution in [1.82, 2.24) is 35.6 Å². The topological polar surface area (TPSA) is 302 Å². The molecule has 75 heavy (non-hydrogen) atoms. The first-order valence-corrected chi connectivity index (χ1v) is 25.2. The molecule has 0 bridgehead atoms. The van der Waals surface area contributed by atoms with E-state index in [1.165, 1.54) is 51.2 Å². The van der Waals surface area contributed by atoms with Crippen molar-refractivity contribution in [3.05, 3.63) is 63.7 Å². The van der Waals surface area contributed by atoms with Crippen LogP contribution in [-0.2, 0) is 58.9 Å². The molecule has 0 aromatic heterocycles. The number of ketones is 2. The van der Waals surface area contributed by atoms with Crippen LogP contribution < -0.4 is 20.7 Å². The number of aromatic hydroxyl groups is 2. The predicted octanol–water partition coefficient (Wildman–Crippen LogP) is -1.27. The Morgan fingerprint density at radius 2 is 1.60 bits per heavy atom. The zero-order valence-corrected chi connectivity index (χ0v) is 42.1. The lowest BCUT2D eigenvalue weighted by Crippen LogP contribution is -2.66. The SMILES string of the molecule is COc1cccc2c1C(=O)c1c(O)c3c(c(O)c1C2=O)C[C@@](O)(C(=O)N1CC(CN2CC(NC(=O)[C@H](C)NC(=O)[C@H](C)NC(=O)CCN4C(=O)C=CC4=O)C2)C1)C[C@@H]3O[C@H]1C[C@H]2[C@H](O[C@@H]3[C@@H](OC)OCCN32)[C@H](C)O1. The fourth-order valence-corrected chi connectivity index (χ4v) is 11.8. The molecule has 6 amide bonds. The fourth-order valence-electron chi connectivity index (χ4n) is 11.8. The van der Waals surface area contributed by atoms with Crippen molar-refractivity contribution in [2.45, 2.75) is 113 Å². The van der Waals surface area contributed by atoms with Gasteiger partial charge in [0.2, 0.25) is 23.5 Å². The van der Waals surface area contributed by atoms with Crippen molar-refractivity contribution in [3.8, 4) is 17.2 Å². The monoisotopic (exact) mass is 1040 g/mol. The molecule has 2 aliphatic carbocycles. The number of carbonyl (C=O) groups is 8. The van der Waals surface area contributed by atoms with Gasteiger partial charge in [0.05, 0.1) is 48.7 Å². The number of fused-ring (bicyclic) bond motifs is 6. The van der Waals surface area contributed by atoms with Crippen LogP contribution in [0.2, 0.25) is 0 Å². The molecule has 2 aromatic rings. The lowest BCUT2D eigenvalue weighted by molar-refractivity contribution is -0.256. The molecular formula is C51H61N7O17. The van der Waals surface area contributed by atoms with E-state index in [1.807, 2.05) is 6.92 Å². The minimum atomic E-state index is -2.21. The second kappa shape index (κ2) is 20.3. The van der Waals surface area contributed by atoms with Gasteiger partial charge in [0.25, 0.3) is 17.7 Å². The smallest absolute Gasteiger partial charge is 0.255 e. The van der Waals surface area contributed by atoms with Crippen LogP contribution in [0.1, 0.15) is 89.1 Å². The van der Waals surface area contributed by atoms with Gasteiger partial charge in [-0.15, -0.1) is 0 Å².